The van der Waals surface area contributed by atoms with Gasteiger partial charge in [-0.15, -0.1) is 0 Å². The van der Waals surface area contributed by atoms with Gasteiger partial charge in [0.05, 0.1) is 30.6 Å². The molecule has 1 rings (SSSR count). The van der Waals surface area contributed by atoms with Crippen LogP contribution in [0.4, 0.5) is 0 Å². The number of ether oxygens (including phenoxy) is 1. The Morgan fingerprint density at radius 3 is 2.53 bits per heavy atom. The highest BCUT2D eigenvalue weighted by Crippen LogP contribution is 2.32. The van der Waals surface area contributed by atoms with E-state index in [1.807, 2.05) is 26.8 Å². The molecular formula is C11H18N2O2. The summed E-state index contributed by atoms with van der Waals surface area (Å²) in [6.45, 7) is 6.38. The van der Waals surface area contributed by atoms with Crippen molar-refractivity contribution in [1.29, 1.82) is 5.26 Å². The Hall–Kier alpha value is -1.08. The van der Waals surface area contributed by atoms with Crippen molar-refractivity contribution < 1.29 is 9.53 Å². The fraction of sp³-hybridized carbons (Fsp3) is 0.818. The monoisotopic (exact) mass is 210 g/mol. The molecule has 1 fully saturated rings. The second-order valence-electron chi connectivity index (χ2n) is 4.13. The van der Waals surface area contributed by atoms with Gasteiger partial charge in [-0.25, -0.2) is 0 Å². The van der Waals surface area contributed by atoms with Gasteiger partial charge in [-0.2, -0.15) is 5.26 Å². The molecule has 1 N–H and O–H groups in total. The molecule has 4 heteroatoms. The lowest BCUT2D eigenvalue weighted by Crippen LogP contribution is -2.37. The van der Waals surface area contributed by atoms with E-state index in [-0.39, 0.29) is 30.0 Å². The summed E-state index contributed by atoms with van der Waals surface area (Å²) in [5.74, 6) is 0.162. The van der Waals surface area contributed by atoms with Crippen LogP contribution in [0.3, 0.4) is 0 Å². The molecule has 1 heterocycles. The zero-order valence-electron chi connectivity index (χ0n) is 9.49. The minimum atomic E-state index is -0.0845. The molecule has 1 amide bonds. The normalized spacial score (nSPS) is 34.8. The minimum absolute atomic E-state index is 0.00889. The Labute approximate surface area is 90.6 Å². The Morgan fingerprint density at radius 1 is 1.40 bits per heavy atom. The maximum atomic E-state index is 11.8. The lowest BCUT2D eigenvalue weighted by atomic mass is 9.89. The fourth-order valence-corrected chi connectivity index (χ4v) is 2.08. The molecule has 0 saturated carbocycles. The average Bonchev–Trinajstić information content (AvgIpc) is 2.41. The van der Waals surface area contributed by atoms with Crippen molar-refractivity contribution >= 4 is 5.91 Å². The first-order valence-electron chi connectivity index (χ1n) is 5.38. The van der Waals surface area contributed by atoms with E-state index in [2.05, 4.69) is 5.32 Å². The largest absolute Gasteiger partial charge is 0.374 e. The summed E-state index contributed by atoms with van der Waals surface area (Å²) < 4.78 is 5.59. The molecule has 84 valence electrons. The van der Waals surface area contributed by atoms with Crippen molar-refractivity contribution in [3.8, 4) is 6.07 Å². The number of hydrogen-bond acceptors (Lipinski definition) is 3. The summed E-state index contributed by atoms with van der Waals surface area (Å²) in [6.07, 6.45) is 0.460. The van der Waals surface area contributed by atoms with E-state index in [9.17, 15) is 4.79 Å². The molecule has 4 atom stereocenters. The molecular weight excluding hydrogens is 192 g/mol. The maximum absolute atomic E-state index is 11.8. The van der Waals surface area contributed by atoms with Gasteiger partial charge >= 0.3 is 0 Å². The van der Waals surface area contributed by atoms with Crippen LogP contribution in [0.1, 0.15) is 27.2 Å². The van der Waals surface area contributed by atoms with E-state index in [0.717, 1.165) is 0 Å². The van der Waals surface area contributed by atoms with Gasteiger partial charge in [0.25, 0.3) is 0 Å². The van der Waals surface area contributed by atoms with Gasteiger partial charge in [-0.3, -0.25) is 4.79 Å². The maximum Gasteiger partial charge on any atom is 0.226 e. The van der Waals surface area contributed by atoms with Crippen LogP contribution in [0.5, 0.6) is 0 Å². The van der Waals surface area contributed by atoms with Gasteiger partial charge in [-0.05, 0) is 19.8 Å². The van der Waals surface area contributed by atoms with E-state index in [1.165, 1.54) is 0 Å². The van der Waals surface area contributed by atoms with E-state index in [1.54, 1.807) is 0 Å². The van der Waals surface area contributed by atoms with Crippen LogP contribution in [-0.2, 0) is 9.53 Å². The summed E-state index contributed by atoms with van der Waals surface area (Å²) in [5, 5.41) is 11.1. The van der Waals surface area contributed by atoms with Crippen LogP contribution >= 0.6 is 0 Å². The number of hydrogen-bond donors (Lipinski definition) is 1. The number of nitrogens with one attached hydrogen (secondary N) is 1. The smallest absolute Gasteiger partial charge is 0.226 e. The molecule has 4 nitrogen and oxygen atoms in total. The lowest BCUT2D eigenvalue weighted by Gasteiger charge is -2.17. The molecule has 0 aliphatic carbocycles. The molecule has 15 heavy (non-hydrogen) atoms. The third-order valence-corrected chi connectivity index (χ3v) is 3.08. The van der Waals surface area contributed by atoms with Crippen LogP contribution in [0.25, 0.3) is 0 Å². The first-order chi connectivity index (χ1) is 7.07. The summed E-state index contributed by atoms with van der Waals surface area (Å²) >= 11 is 0. The quantitative estimate of drug-likeness (QED) is 0.709. The highest BCUT2D eigenvalue weighted by Gasteiger charge is 2.41. The predicted molar refractivity (Wildman–Crippen MR) is 55.9 cm³/mol. The van der Waals surface area contributed by atoms with Crippen molar-refractivity contribution in [2.75, 3.05) is 6.54 Å². The topological polar surface area (TPSA) is 62.1 Å². The average molecular weight is 210 g/mol. The van der Waals surface area contributed by atoms with Gasteiger partial charge in [0.15, 0.2) is 0 Å². The van der Waals surface area contributed by atoms with Gasteiger partial charge in [0, 0.05) is 6.54 Å². The summed E-state index contributed by atoms with van der Waals surface area (Å²) in [6, 6.07) is 2.00. The molecule has 4 unspecified atom stereocenters. The number of nitrogens with zero attached hydrogens (tertiary/aromatic N) is 1. The Balaban J connectivity index is 2.48. The van der Waals surface area contributed by atoms with Crippen LogP contribution in [0.15, 0.2) is 0 Å². The van der Waals surface area contributed by atoms with E-state index in [4.69, 9.17) is 10.00 Å². The van der Waals surface area contributed by atoms with Gasteiger partial charge in [0.1, 0.15) is 0 Å². The number of carbonyl (C=O) groups is 1. The molecule has 0 aromatic heterocycles. The fourth-order valence-electron chi connectivity index (χ4n) is 2.08. The zero-order valence-corrected chi connectivity index (χ0v) is 9.49. The molecule has 1 aliphatic rings. The third-order valence-electron chi connectivity index (χ3n) is 3.08. The van der Waals surface area contributed by atoms with E-state index < -0.39 is 0 Å². The second-order valence-corrected chi connectivity index (χ2v) is 4.13. The van der Waals surface area contributed by atoms with Crippen LogP contribution < -0.4 is 5.32 Å². The van der Waals surface area contributed by atoms with Crippen molar-refractivity contribution in [3.63, 3.8) is 0 Å². The summed E-state index contributed by atoms with van der Waals surface area (Å²) in [5.41, 5.74) is 0. The number of rotatable bonds is 3. The van der Waals surface area contributed by atoms with Crippen molar-refractivity contribution in [2.24, 2.45) is 11.8 Å². The molecule has 0 aromatic carbocycles. The summed E-state index contributed by atoms with van der Waals surface area (Å²) in [7, 11) is 0. The molecule has 1 aliphatic heterocycles. The van der Waals surface area contributed by atoms with Crippen molar-refractivity contribution in [2.45, 2.75) is 39.4 Å². The second kappa shape index (κ2) is 5.13. The first-order valence-corrected chi connectivity index (χ1v) is 5.38. The third kappa shape index (κ3) is 2.69. The van der Waals surface area contributed by atoms with Crippen LogP contribution in [0.2, 0.25) is 0 Å². The van der Waals surface area contributed by atoms with Crippen molar-refractivity contribution in [3.05, 3.63) is 0 Å². The molecule has 0 spiro atoms. The van der Waals surface area contributed by atoms with Crippen LogP contribution in [0, 0.1) is 23.2 Å². The standard InChI is InChI=1S/C11H18N2O2/c1-7-8(2)15-9(3)10(7)11(14)13-6-4-5-12/h7-10H,4,6H2,1-3H3,(H,13,14). The Morgan fingerprint density at radius 2 is 2.07 bits per heavy atom. The van der Waals surface area contributed by atoms with Gasteiger partial charge < -0.3 is 10.1 Å². The SMILES string of the molecule is CC1OC(C)C(C(=O)NCCC#N)C1C. The van der Waals surface area contributed by atoms with E-state index in [0.29, 0.717) is 13.0 Å². The zero-order chi connectivity index (χ0) is 11.4. The van der Waals surface area contributed by atoms with Gasteiger partial charge in [0.2, 0.25) is 5.91 Å². The van der Waals surface area contributed by atoms with E-state index >= 15 is 0 Å². The van der Waals surface area contributed by atoms with Crippen molar-refractivity contribution in [1.82, 2.24) is 5.32 Å². The van der Waals surface area contributed by atoms with Gasteiger partial charge in [-0.1, -0.05) is 6.92 Å². The summed E-state index contributed by atoms with van der Waals surface area (Å²) in [4.78, 5) is 11.8. The highest BCUT2D eigenvalue weighted by atomic mass is 16.5. The Kier molecular flexibility index (Phi) is 4.10. The number of amides is 1. The first kappa shape index (κ1) is 12.0. The minimum Gasteiger partial charge on any atom is -0.374 e. The molecule has 0 bridgehead atoms. The molecule has 0 radical (unpaired) electrons. The Bertz CT molecular complexity index is 272. The molecule has 0 aromatic rings. The predicted octanol–water partition coefficient (Wildman–Crippen LogP) is 1.08. The van der Waals surface area contributed by atoms with Crippen LogP contribution in [-0.4, -0.2) is 24.7 Å². The number of nitriles is 1. The lowest BCUT2D eigenvalue weighted by molar-refractivity contribution is -0.127. The number of carbonyl (C=O) groups excluding carboxylic acids is 1. The molecule has 1 saturated heterocycles. The highest BCUT2D eigenvalue weighted by molar-refractivity contribution is 5.79.